The first-order valence-corrected chi connectivity index (χ1v) is 11.1. The van der Waals surface area contributed by atoms with E-state index in [1.807, 2.05) is 17.0 Å². The molecule has 4 rings (SSSR count). The van der Waals surface area contributed by atoms with E-state index in [-0.39, 0.29) is 16.7 Å². The molecule has 0 radical (unpaired) electrons. The van der Waals surface area contributed by atoms with E-state index in [4.69, 9.17) is 0 Å². The van der Waals surface area contributed by atoms with Crippen molar-refractivity contribution in [2.45, 2.75) is 43.2 Å². The molecule has 0 aromatic carbocycles. The molecule has 8 heteroatoms. The molecule has 3 heterocycles. The molecule has 1 saturated heterocycles. The van der Waals surface area contributed by atoms with Crippen molar-refractivity contribution in [1.29, 1.82) is 0 Å². The van der Waals surface area contributed by atoms with Crippen LogP contribution in [0.4, 0.5) is 0 Å². The van der Waals surface area contributed by atoms with Crippen LogP contribution in [-0.2, 0) is 21.4 Å². The number of carbonyl (C=O) groups excluding carboxylic acids is 1. The maximum Gasteiger partial charge on any atom is 0.244 e. The molecule has 1 aliphatic heterocycles. The third-order valence-electron chi connectivity index (χ3n) is 5.45. The fraction of sp³-hybridized carbons (Fsp3) is 0.450. The molecule has 7 nitrogen and oxygen atoms in total. The van der Waals surface area contributed by atoms with Crippen molar-refractivity contribution < 1.29 is 13.2 Å². The lowest BCUT2D eigenvalue weighted by molar-refractivity contribution is -0.138. The van der Waals surface area contributed by atoms with Gasteiger partial charge in [0.25, 0.3) is 0 Å². The van der Waals surface area contributed by atoms with Gasteiger partial charge in [-0.1, -0.05) is 0 Å². The van der Waals surface area contributed by atoms with Crippen molar-refractivity contribution in [2.24, 2.45) is 5.92 Å². The van der Waals surface area contributed by atoms with Crippen molar-refractivity contribution in [3.8, 4) is 0 Å². The lowest BCUT2D eigenvalue weighted by Gasteiger charge is -2.34. The van der Waals surface area contributed by atoms with Crippen molar-refractivity contribution in [2.75, 3.05) is 13.1 Å². The molecule has 0 bridgehead atoms. The number of carbonyl (C=O) groups is 1. The normalized spacial score (nSPS) is 18.7. The first kappa shape index (κ1) is 19.0. The van der Waals surface area contributed by atoms with Crippen LogP contribution in [0.5, 0.6) is 0 Å². The van der Waals surface area contributed by atoms with E-state index in [0.717, 1.165) is 18.4 Å². The molecule has 1 amide bonds. The Morgan fingerprint density at radius 2 is 1.75 bits per heavy atom. The molecule has 1 saturated carbocycles. The van der Waals surface area contributed by atoms with E-state index in [1.165, 1.54) is 10.5 Å². The first-order valence-electron chi connectivity index (χ1n) is 9.65. The average Bonchev–Trinajstić information content (AvgIpc) is 3.58. The highest BCUT2D eigenvalue weighted by Crippen LogP contribution is 2.32. The van der Waals surface area contributed by atoms with Gasteiger partial charge in [0.2, 0.25) is 15.9 Å². The van der Waals surface area contributed by atoms with Crippen LogP contribution >= 0.6 is 0 Å². The number of aromatic nitrogens is 2. The van der Waals surface area contributed by atoms with E-state index in [0.29, 0.717) is 38.5 Å². The lowest BCUT2D eigenvalue weighted by Crippen LogP contribution is -2.44. The molecular weight excluding hydrogens is 376 g/mol. The topological polar surface area (TPSA) is 83.5 Å². The van der Waals surface area contributed by atoms with Crippen LogP contribution in [0.25, 0.3) is 0 Å². The van der Waals surface area contributed by atoms with Crippen LogP contribution < -0.4 is 0 Å². The molecule has 0 unspecified atom stereocenters. The molecule has 2 aliphatic rings. The first-order chi connectivity index (χ1) is 13.6. The summed E-state index contributed by atoms with van der Waals surface area (Å²) >= 11 is 0. The number of pyridine rings is 2. The Bertz CT molecular complexity index is 909. The third-order valence-corrected chi connectivity index (χ3v) is 7.33. The predicted molar refractivity (Wildman–Crippen MR) is 104 cm³/mol. The summed E-state index contributed by atoms with van der Waals surface area (Å²) < 4.78 is 27.0. The van der Waals surface area contributed by atoms with Crippen LogP contribution in [0.15, 0.2) is 53.9 Å². The van der Waals surface area contributed by atoms with Crippen LogP contribution in [0.1, 0.15) is 31.2 Å². The van der Waals surface area contributed by atoms with Crippen LogP contribution in [0.3, 0.4) is 0 Å². The molecular formula is C20H24N4O3S. The molecule has 0 atom stereocenters. The van der Waals surface area contributed by atoms with Crippen molar-refractivity contribution in [1.82, 2.24) is 19.2 Å². The van der Waals surface area contributed by atoms with Gasteiger partial charge in [-0.2, -0.15) is 4.31 Å². The zero-order valence-electron chi connectivity index (χ0n) is 15.6. The number of rotatable bonds is 6. The average molecular weight is 401 g/mol. The fourth-order valence-corrected chi connectivity index (χ4v) is 5.12. The van der Waals surface area contributed by atoms with E-state index in [9.17, 15) is 13.2 Å². The van der Waals surface area contributed by atoms with Gasteiger partial charge in [-0.15, -0.1) is 0 Å². The SMILES string of the molecule is O=C(C1CCN(S(=O)(=O)c2cccnc2)CC1)N(Cc1ccncc1)C1CC1. The van der Waals surface area contributed by atoms with Gasteiger partial charge in [0.05, 0.1) is 0 Å². The van der Waals surface area contributed by atoms with Crippen LogP contribution in [0.2, 0.25) is 0 Å². The lowest BCUT2D eigenvalue weighted by atomic mass is 9.96. The van der Waals surface area contributed by atoms with E-state index < -0.39 is 10.0 Å². The minimum atomic E-state index is -3.54. The van der Waals surface area contributed by atoms with Crippen molar-refractivity contribution in [3.05, 3.63) is 54.6 Å². The summed E-state index contributed by atoms with van der Waals surface area (Å²) in [6.07, 6.45) is 9.61. The quantitative estimate of drug-likeness (QED) is 0.741. The number of amides is 1. The second-order valence-electron chi connectivity index (χ2n) is 7.42. The maximum atomic E-state index is 13.1. The number of hydrogen-bond acceptors (Lipinski definition) is 5. The van der Waals surface area contributed by atoms with Crippen LogP contribution in [-0.4, -0.2) is 52.6 Å². The van der Waals surface area contributed by atoms with Gasteiger partial charge in [-0.3, -0.25) is 14.8 Å². The zero-order valence-corrected chi connectivity index (χ0v) is 16.5. The Labute approximate surface area is 165 Å². The Morgan fingerprint density at radius 1 is 1.04 bits per heavy atom. The molecule has 0 N–H and O–H groups in total. The molecule has 2 aromatic rings. The van der Waals surface area contributed by atoms with Crippen molar-refractivity contribution >= 4 is 15.9 Å². The van der Waals surface area contributed by atoms with Gasteiger partial charge in [-0.25, -0.2) is 8.42 Å². The van der Waals surface area contributed by atoms with E-state index in [1.54, 1.807) is 30.7 Å². The zero-order chi connectivity index (χ0) is 19.6. The highest BCUT2D eigenvalue weighted by atomic mass is 32.2. The predicted octanol–water partition coefficient (Wildman–Crippen LogP) is 2.07. The monoisotopic (exact) mass is 400 g/mol. The summed E-state index contributed by atoms with van der Waals surface area (Å²) in [4.78, 5) is 23.3. The number of piperidine rings is 1. The minimum Gasteiger partial charge on any atom is -0.335 e. The summed E-state index contributed by atoms with van der Waals surface area (Å²) in [6, 6.07) is 7.37. The Kier molecular flexibility index (Phi) is 5.41. The van der Waals surface area contributed by atoms with E-state index >= 15 is 0 Å². The fourth-order valence-electron chi connectivity index (χ4n) is 3.68. The Morgan fingerprint density at radius 3 is 2.36 bits per heavy atom. The molecule has 1 aliphatic carbocycles. The molecule has 2 fully saturated rings. The van der Waals surface area contributed by atoms with Gasteiger partial charge in [0.1, 0.15) is 4.90 Å². The van der Waals surface area contributed by atoms with Gasteiger partial charge < -0.3 is 4.90 Å². The van der Waals surface area contributed by atoms with E-state index in [2.05, 4.69) is 9.97 Å². The van der Waals surface area contributed by atoms with Gasteiger partial charge in [-0.05, 0) is 55.5 Å². The van der Waals surface area contributed by atoms with Crippen molar-refractivity contribution in [3.63, 3.8) is 0 Å². The second kappa shape index (κ2) is 7.97. The molecule has 148 valence electrons. The smallest absolute Gasteiger partial charge is 0.244 e. The number of nitrogens with zero attached hydrogens (tertiary/aromatic N) is 4. The highest BCUT2D eigenvalue weighted by molar-refractivity contribution is 7.89. The Balaban J connectivity index is 1.40. The second-order valence-corrected chi connectivity index (χ2v) is 9.36. The van der Waals surface area contributed by atoms with Gasteiger partial charge in [0.15, 0.2) is 0 Å². The van der Waals surface area contributed by atoms with Crippen LogP contribution in [0, 0.1) is 5.92 Å². The molecule has 2 aromatic heterocycles. The summed E-state index contributed by atoms with van der Waals surface area (Å²) in [5.74, 6) is 0.0283. The molecule has 0 spiro atoms. The molecule has 28 heavy (non-hydrogen) atoms. The summed E-state index contributed by atoms with van der Waals surface area (Å²) in [5.41, 5.74) is 1.08. The summed E-state index contributed by atoms with van der Waals surface area (Å²) in [7, 11) is -3.54. The summed E-state index contributed by atoms with van der Waals surface area (Å²) in [5, 5.41) is 0. The Hall–Kier alpha value is -2.32. The third kappa shape index (κ3) is 4.07. The highest BCUT2D eigenvalue weighted by Gasteiger charge is 2.38. The minimum absolute atomic E-state index is 0.122. The largest absolute Gasteiger partial charge is 0.335 e. The summed E-state index contributed by atoms with van der Waals surface area (Å²) in [6.45, 7) is 1.32. The standard InChI is InChI=1S/C20H24N4O3S/c25-20(24(18-3-4-18)15-16-5-10-21-11-6-16)17-7-12-23(13-8-17)28(26,27)19-2-1-9-22-14-19/h1-2,5-6,9-11,14,17-18H,3-4,7-8,12-13,15H2. The van der Waals surface area contributed by atoms with Gasteiger partial charge in [0, 0.05) is 56.4 Å². The number of hydrogen-bond donors (Lipinski definition) is 0. The maximum absolute atomic E-state index is 13.1. The van der Waals surface area contributed by atoms with Gasteiger partial charge >= 0.3 is 0 Å². The number of sulfonamides is 1.